The van der Waals surface area contributed by atoms with Gasteiger partial charge in [-0.3, -0.25) is 0 Å². The molecule has 0 unspecified atom stereocenters. The van der Waals surface area contributed by atoms with Gasteiger partial charge in [0.15, 0.2) is 6.04 Å². The highest BCUT2D eigenvalue weighted by molar-refractivity contribution is 5.81. The summed E-state index contributed by atoms with van der Waals surface area (Å²) in [4.78, 5) is 22.9. The largest absolute Gasteiger partial charge is 0.497 e. The number of nitrogens with one attached hydrogen (secondary N) is 1. The Bertz CT molecular complexity index is 475. The summed E-state index contributed by atoms with van der Waals surface area (Å²) in [6.07, 6.45) is -0.777. The molecule has 0 aromatic heterocycles. The quantitative estimate of drug-likeness (QED) is 0.884. The minimum absolute atomic E-state index is 0.434. The summed E-state index contributed by atoms with van der Waals surface area (Å²) < 4.78 is 10.0. The molecule has 0 bridgehead atoms. The molecule has 1 rings (SSSR count). The van der Waals surface area contributed by atoms with Crippen molar-refractivity contribution in [3.63, 3.8) is 0 Å². The van der Waals surface area contributed by atoms with E-state index < -0.39 is 23.7 Å². The highest BCUT2D eigenvalue weighted by atomic mass is 16.6. The first kappa shape index (κ1) is 15.8. The van der Waals surface area contributed by atoms with Crippen molar-refractivity contribution >= 4 is 12.1 Å². The molecular weight excluding hydrogens is 262 g/mol. The standard InChI is InChI=1S/C14H19NO5/c1-14(2,3)20-13(18)15-11(12(16)17)9-5-7-10(19-4)8-6-9/h5-8,11H,1-4H3,(H,15,18)(H,16,17)/t11-/m0/s1. The van der Waals surface area contributed by atoms with Crippen LogP contribution in [-0.2, 0) is 9.53 Å². The van der Waals surface area contributed by atoms with E-state index in [-0.39, 0.29) is 0 Å². The second-order valence-electron chi connectivity index (χ2n) is 5.19. The van der Waals surface area contributed by atoms with Crippen LogP contribution in [0.2, 0.25) is 0 Å². The van der Waals surface area contributed by atoms with Crippen LogP contribution in [0, 0.1) is 0 Å². The van der Waals surface area contributed by atoms with Gasteiger partial charge in [0.25, 0.3) is 0 Å². The van der Waals surface area contributed by atoms with Crippen LogP contribution < -0.4 is 10.1 Å². The molecule has 0 saturated carbocycles. The molecule has 1 aromatic rings. The normalized spacial score (nSPS) is 12.4. The average molecular weight is 281 g/mol. The number of carbonyl (C=O) groups is 2. The Kier molecular flexibility index (Phi) is 4.96. The maximum Gasteiger partial charge on any atom is 0.408 e. The van der Waals surface area contributed by atoms with E-state index in [0.717, 1.165) is 0 Å². The first-order valence-electron chi connectivity index (χ1n) is 6.09. The zero-order chi connectivity index (χ0) is 15.3. The molecule has 0 heterocycles. The van der Waals surface area contributed by atoms with E-state index in [4.69, 9.17) is 9.47 Å². The van der Waals surface area contributed by atoms with Crippen molar-refractivity contribution in [2.45, 2.75) is 32.4 Å². The topological polar surface area (TPSA) is 84.9 Å². The van der Waals surface area contributed by atoms with Crippen molar-refractivity contribution < 1.29 is 24.2 Å². The first-order chi connectivity index (χ1) is 9.23. The lowest BCUT2D eigenvalue weighted by atomic mass is 10.1. The van der Waals surface area contributed by atoms with Crippen molar-refractivity contribution in [3.8, 4) is 5.75 Å². The van der Waals surface area contributed by atoms with Gasteiger partial charge in [-0.05, 0) is 38.5 Å². The Labute approximate surface area is 117 Å². The second-order valence-corrected chi connectivity index (χ2v) is 5.19. The van der Waals surface area contributed by atoms with E-state index >= 15 is 0 Å². The third kappa shape index (κ3) is 4.79. The molecule has 1 aromatic carbocycles. The van der Waals surface area contributed by atoms with E-state index in [2.05, 4.69) is 5.32 Å². The van der Waals surface area contributed by atoms with E-state index in [1.54, 1.807) is 45.0 Å². The number of ether oxygens (including phenoxy) is 2. The number of carboxylic acids is 1. The predicted molar refractivity (Wildman–Crippen MR) is 72.7 cm³/mol. The summed E-state index contributed by atoms with van der Waals surface area (Å²) in [5.74, 6) is -0.559. The number of methoxy groups -OCH3 is 1. The molecule has 0 spiro atoms. The zero-order valence-corrected chi connectivity index (χ0v) is 12.0. The monoisotopic (exact) mass is 281 g/mol. The number of alkyl carbamates (subject to hydrolysis) is 1. The number of aliphatic carboxylic acids is 1. The Hall–Kier alpha value is -2.24. The first-order valence-corrected chi connectivity index (χ1v) is 6.09. The molecule has 110 valence electrons. The van der Waals surface area contributed by atoms with Gasteiger partial charge >= 0.3 is 12.1 Å². The zero-order valence-electron chi connectivity index (χ0n) is 12.0. The number of carbonyl (C=O) groups excluding carboxylic acids is 1. The number of carboxylic acid groups (broad SMARTS) is 1. The van der Waals surface area contributed by atoms with Crippen LogP contribution in [0.1, 0.15) is 32.4 Å². The summed E-state index contributed by atoms with van der Waals surface area (Å²) in [5.41, 5.74) is -0.253. The van der Waals surface area contributed by atoms with Crippen LogP contribution in [-0.4, -0.2) is 29.9 Å². The van der Waals surface area contributed by atoms with E-state index in [9.17, 15) is 14.7 Å². The van der Waals surface area contributed by atoms with Crippen molar-refractivity contribution in [2.75, 3.05) is 7.11 Å². The van der Waals surface area contributed by atoms with Crippen LogP contribution >= 0.6 is 0 Å². The van der Waals surface area contributed by atoms with E-state index in [0.29, 0.717) is 11.3 Å². The minimum Gasteiger partial charge on any atom is -0.497 e. The van der Waals surface area contributed by atoms with Crippen LogP contribution in [0.25, 0.3) is 0 Å². The Morgan fingerprint density at radius 3 is 2.15 bits per heavy atom. The van der Waals surface area contributed by atoms with Gasteiger partial charge in [-0.15, -0.1) is 0 Å². The summed E-state index contributed by atoms with van der Waals surface area (Å²) in [6, 6.07) is 5.24. The van der Waals surface area contributed by atoms with Crippen LogP contribution in [0.3, 0.4) is 0 Å². The molecule has 1 atom stereocenters. The number of benzene rings is 1. The molecule has 0 radical (unpaired) electrons. The highest BCUT2D eigenvalue weighted by Crippen LogP contribution is 2.18. The summed E-state index contributed by atoms with van der Waals surface area (Å²) in [5, 5.41) is 11.5. The van der Waals surface area contributed by atoms with E-state index in [1.165, 1.54) is 7.11 Å². The van der Waals surface area contributed by atoms with Gasteiger partial charge in [-0.2, -0.15) is 0 Å². The summed E-state index contributed by atoms with van der Waals surface area (Å²) in [7, 11) is 1.52. The maximum atomic E-state index is 11.6. The molecule has 6 nitrogen and oxygen atoms in total. The minimum atomic E-state index is -1.17. The van der Waals surface area contributed by atoms with Crippen molar-refractivity contribution in [1.82, 2.24) is 5.32 Å². The van der Waals surface area contributed by atoms with Gasteiger partial charge in [-0.25, -0.2) is 9.59 Å². The number of rotatable bonds is 4. The molecule has 0 aliphatic heterocycles. The smallest absolute Gasteiger partial charge is 0.408 e. The molecular formula is C14H19NO5. The molecule has 0 aliphatic carbocycles. The number of hydrogen-bond donors (Lipinski definition) is 2. The van der Waals surface area contributed by atoms with Gasteiger partial charge < -0.3 is 19.9 Å². The summed E-state index contributed by atoms with van der Waals surface area (Å²) >= 11 is 0. The predicted octanol–water partition coefficient (Wildman–Crippen LogP) is 2.35. The van der Waals surface area contributed by atoms with Crippen LogP contribution in [0.5, 0.6) is 5.75 Å². The fraction of sp³-hybridized carbons (Fsp3) is 0.429. The molecule has 6 heteroatoms. The lowest BCUT2D eigenvalue weighted by molar-refractivity contribution is -0.139. The van der Waals surface area contributed by atoms with Gasteiger partial charge in [0.1, 0.15) is 11.4 Å². The molecule has 1 amide bonds. The van der Waals surface area contributed by atoms with Crippen molar-refractivity contribution in [3.05, 3.63) is 29.8 Å². The Morgan fingerprint density at radius 1 is 1.20 bits per heavy atom. The average Bonchev–Trinajstić information content (AvgIpc) is 2.34. The maximum absolute atomic E-state index is 11.6. The van der Waals surface area contributed by atoms with E-state index in [1.807, 2.05) is 0 Å². The SMILES string of the molecule is COc1ccc([C@H](NC(=O)OC(C)(C)C)C(=O)O)cc1. The molecule has 0 fully saturated rings. The third-order valence-corrected chi connectivity index (χ3v) is 2.36. The lowest BCUT2D eigenvalue weighted by Gasteiger charge is -2.22. The van der Waals surface area contributed by atoms with Crippen molar-refractivity contribution in [2.24, 2.45) is 0 Å². The van der Waals surface area contributed by atoms with Crippen LogP contribution in [0.15, 0.2) is 24.3 Å². The van der Waals surface area contributed by atoms with Gasteiger partial charge in [0.05, 0.1) is 7.11 Å². The molecule has 20 heavy (non-hydrogen) atoms. The summed E-state index contributed by atoms with van der Waals surface area (Å²) in [6.45, 7) is 5.11. The van der Waals surface area contributed by atoms with Gasteiger partial charge in [-0.1, -0.05) is 12.1 Å². The molecule has 0 saturated heterocycles. The fourth-order valence-electron chi connectivity index (χ4n) is 1.51. The number of hydrogen-bond acceptors (Lipinski definition) is 4. The Balaban J connectivity index is 2.83. The highest BCUT2D eigenvalue weighted by Gasteiger charge is 2.25. The lowest BCUT2D eigenvalue weighted by Crippen LogP contribution is -2.38. The van der Waals surface area contributed by atoms with Crippen LogP contribution in [0.4, 0.5) is 4.79 Å². The fourth-order valence-corrected chi connectivity index (χ4v) is 1.51. The van der Waals surface area contributed by atoms with Gasteiger partial charge in [0.2, 0.25) is 0 Å². The van der Waals surface area contributed by atoms with Crippen molar-refractivity contribution in [1.29, 1.82) is 0 Å². The Morgan fingerprint density at radius 2 is 1.75 bits per heavy atom. The number of amides is 1. The third-order valence-electron chi connectivity index (χ3n) is 2.36. The second kappa shape index (κ2) is 6.27. The molecule has 0 aliphatic rings. The van der Waals surface area contributed by atoms with Gasteiger partial charge in [0, 0.05) is 0 Å². The molecule has 2 N–H and O–H groups in total.